The quantitative estimate of drug-likeness (QED) is 0.810. The van der Waals surface area contributed by atoms with E-state index in [2.05, 4.69) is 4.72 Å². The molecule has 0 aliphatic rings. The molecule has 0 atom stereocenters. The highest BCUT2D eigenvalue weighted by atomic mass is 32.2. The summed E-state index contributed by atoms with van der Waals surface area (Å²) in [6, 6.07) is 4.12. The molecule has 0 aliphatic carbocycles. The summed E-state index contributed by atoms with van der Waals surface area (Å²) in [7, 11) is -3.66. The van der Waals surface area contributed by atoms with Gasteiger partial charge in [0, 0.05) is 0 Å². The van der Waals surface area contributed by atoms with Gasteiger partial charge in [-0.25, -0.2) is 12.8 Å². The molecule has 84 valence electrons. The smallest absolute Gasteiger partial charge is 0.235 e. The molecule has 0 bridgehead atoms. The van der Waals surface area contributed by atoms with E-state index in [0.29, 0.717) is 0 Å². The van der Waals surface area contributed by atoms with Crippen molar-refractivity contribution in [3.8, 4) is 0 Å². The number of nitrogens with one attached hydrogen (secondary N) is 1. The summed E-state index contributed by atoms with van der Waals surface area (Å²) in [5.74, 6) is -1.08. The summed E-state index contributed by atoms with van der Waals surface area (Å²) in [5.41, 5.74) is 0.654. The zero-order valence-electron chi connectivity index (χ0n) is 8.20. The molecule has 2 N–H and O–H groups in total. The van der Waals surface area contributed by atoms with Crippen molar-refractivity contribution in [1.29, 1.82) is 0 Å². The van der Waals surface area contributed by atoms with E-state index in [4.69, 9.17) is 5.11 Å². The fraction of sp³-hybridized carbons (Fsp3) is 0.333. The van der Waals surface area contributed by atoms with Gasteiger partial charge in [0.05, 0.1) is 18.0 Å². The molecule has 0 heterocycles. The van der Waals surface area contributed by atoms with Gasteiger partial charge in [-0.1, -0.05) is 6.07 Å². The molecule has 0 amide bonds. The minimum atomic E-state index is -3.66. The third kappa shape index (κ3) is 3.49. The Morgan fingerprint density at radius 1 is 1.47 bits per heavy atom. The number of aliphatic hydroxyl groups excluding tert-OH is 1. The van der Waals surface area contributed by atoms with Crippen LogP contribution in [-0.2, 0) is 10.0 Å². The van der Waals surface area contributed by atoms with Crippen molar-refractivity contribution in [1.82, 2.24) is 0 Å². The molecular weight excluding hydrogens is 221 g/mol. The van der Waals surface area contributed by atoms with Crippen molar-refractivity contribution >= 4 is 15.7 Å². The first kappa shape index (κ1) is 11.9. The molecular formula is C9H12FNO3S. The second-order valence-electron chi connectivity index (χ2n) is 3.13. The Labute approximate surface area is 87.8 Å². The van der Waals surface area contributed by atoms with Crippen molar-refractivity contribution in [3.63, 3.8) is 0 Å². The minimum absolute atomic E-state index is 0.0940. The van der Waals surface area contributed by atoms with Gasteiger partial charge in [0.2, 0.25) is 10.0 Å². The summed E-state index contributed by atoms with van der Waals surface area (Å²) in [4.78, 5) is 0. The standard InChI is InChI=1S/C9H12FNO3S/c1-7-2-3-8(10)9(6-7)11-15(13,14)5-4-12/h2-3,6,11-12H,4-5H2,1H3. The van der Waals surface area contributed by atoms with E-state index in [-0.39, 0.29) is 5.69 Å². The van der Waals surface area contributed by atoms with Crippen LogP contribution in [0.15, 0.2) is 18.2 Å². The van der Waals surface area contributed by atoms with Gasteiger partial charge >= 0.3 is 0 Å². The number of anilines is 1. The lowest BCUT2D eigenvalue weighted by Gasteiger charge is -2.08. The molecule has 1 aromatic carbocycles. The molecule has 0 saturated heterocycles. The summed E-state index contributed by atoms with van der Waals surface area (Å²) >= 11 is 0. The number of halogens is 1. The lowest BCUT2D eigenvalue weighted by molar-refractivity contribution is 0.320. The Balaban J connectivity index is 2.94. The Hall–Kier alpha value is -1.14. The molecule has 1 rings (SSSR count). The molecule has 0 radical (unpaired) electrons. The van der Waals surface area contributed by atoms with E-state index >= 15 is 0 Å². The van der Waals surface area contributed by atoms with Crippen LogP contribution < -0.4 is 4.72 Å². The maximum Gasteiger partial charge on any atom is 0.235 e. The van der Waals surface area contributed by atoms with Crippen molar-refractivity contribution in [2.75, 3.05) is 17.1 Å². The summed E-state index contributed by atoms with van der Waals surface area (Å²) < 4.78 is 37.7. The first-order valence-corrected chi connectivity index (χ1v) is 5.97. The van der Waals surface area contributed by atoms with Gasteiger partial charge < -0.3 is 5.11 Å². The van der Waals surface area contributed by atoms with Gasteiger partial charge in [-0.3, -0.25) is 4.72 Å². The molecule has 1 aromatic rings. The van der Waals surface area contributed by atoms with Crippen molar-refractivity contribution < 1.29 is 17.9 Å². The second kappa shape index (κ2) is 4.59. The normalized spacial score (nSPS) is 11.4. The maximum atomic E-state index is 13.2. The molecule has 4 nitrogen and oxygen atoms in total. The lowest BCUT2D eigenvalue weighted by Crippen LogP contribution is -2.19. The van der Waals surface area contributed by atoms with Crippen LogP contribution in [0.5, 0.6) is 0 Å². The maximum absolute atomic E-state index is 13.2. The molecule has 15 heavy (non-hydrogen) atoms. The zero-order valence-corrected chi connectivity index (χ0v) is 9.01. The number of benzene rings is 1. The van der Waals surface area contributed by atoms with Crippen LogP contribution in [0, 0.1) is 12.7 Å². The fourth-order valence-corrected chi connectivity index (χ4v) is 1.89. The van der Waals surface area contributed by atoms with Gasteiger partial charge in [0.25, 0.3) is 0 Å². The first-order valence-electron chi connectivity index (χ1n) is 4.32. The van der Waals surface area contributed by atoms with Crippen molar-refractivity contribution in [2.45, 2.75) is 6.92 Å². The molecule has 0 spiro atoms. The van der Waals surface area contributed by atoms with Gasteiger partial charge in [0.15, 0.2) is 0 Å². The van der Waals surface area contributed by atoms with Gasteiger partial charge in [-0.15, -0.1) is 0 Å². The van der Waals surface area contributed by atoms with Crippen LogP contribution >= 0.6 is 0 Å². The van der Waals surface area contributed by atoms with Crippen LogP contribution in [0.2, 0.25) is 0 Å². The van der Waals surface area contributed by atoms with Crippen LogP contribution in [0.4, 0.5) is 10.1 Å². The Morgan fingerprint density at radius 2 is 2.13 bits per heavy atom. The fourth-order valence-electron chi connectivity index (χ4n) is 1.06. The molecule has 6 heteroatoms. The number of hydrogen-bond acceptors (Lipinski definition) is 3. The van der Waals surface area contributed by atoms with Crippen molar-refractivity contribution in [3.05, 3.63) is 29.6 Å². The number of aryl methyl sites for hydroxylation is 1. The number of hydrogen-bond donors (Lipinski definition) is 2. The van der Waals surface area contributed by atoms with E-state index in [9.17, 15) is 12.8 Å². The Kier molecular flexibility index (Phi) is 3.65. The molecule has 0 fully saturated rings. The summed E-state index contributed by atoms with van der Waals surface area (Å²) in [6.07, 6.45) is 0. The predicted molar refractivity (Wildman–Crippen MR) is 55.6 cm³/mol. The van der Waals surface area contributed by atoms with E-state index in [1.54, 1.807) is 13.0 Å². The predicted octanol–water partition coefficient (Wildman–Crippen LogP) is 0.868. The highest BCUT2D eigenvalue weighted by Gasteiger charge is 2.12. The van der Waals surface area contributed by atoms with Crippen LogP contribution in [0.3, 0.4) is 0 Å². The number of aliphatic hydroxyl groups is 1. The monoisotopic (exact) mass is 233 g/mol. The van der Waals surface area contributed by atoms with Gasteiger partial charge in [-0.2, -0.15) is 0 Å². The summed E-state index contributed by atoms with van der Waals surface area (Å²) in [5, 5.41) is 8.49. The third-order valence-electron chi connectivity index (χ3n) is 1.75. The highest BCUT2D eigenvalue weighted by molar-refractivity contribution is 7.92. The van der Waals surface area contributed by atoms with Gasteiger partial charge in [0.1, 0.15) is 5.82 Å². The van der Waals surface area contributed by atoms with Crippen LogP contribution in [0.25, 0.3) is 0 Å². The van der Waals surface area contributed by atoms with Crippen molar-refractivity contribution in [2.24, 2.45) is 0 Å². The topological polar surface area (TPSA) is 66.4 Å². The first-order chi connectivity index (χ1) is 6.94. The number of sulfonamides is 1. The Bertz CT molecular complexity index is 445. The number of rotatable bonds is 4. The largest absolute Gasteiger partial charge is 0.395 e. The van der Waals surface area contributed by atoms with Gasteiger partial charge in [-0.05, 0) is 24.6 Å². The van der Waals surface area contributed by atoms with E-state index < -0.39 is 28.2 Å². The highest BCUT2D eigenvalue weighted by Crippen LogP contribution is 2.16. The zero-order chi connectivity index (χ0) is 11.5. The molecule has 0 aliphatic heterocycles. The average molecular weight is 233 g/mol. The van der Waals surface area contributed by atoms with Crippen LogP contribution in [0.1, 0.15) is 5.56 Å². The second-order valence-corrected chi connectivity index (χ2v) is 4.97. The molecule has 0 saturated carbocycles. The summed E-state index contributed by atoms with van der Waals surface area (Å²) in [6.45, 7) is 1.23. The van der Waals surface area contributed by atoms with Crippen LogP contribution in [-0.4, -0.2) is 25.9 Å². The molecule has 0 unspecified atom stereocenters. The SMILES string of the molecule is Cc1ccc(F)c(NS(=O)(=O)CCO)c1. The van der Waals surface area contributed by atoms with E-state index in [1.807, 2.05) is 0 Å². The average Bonchev–Trinajstić information content (AvgIpc) is 2.10. The molecule has 0 aromatic heterocycles. The Morgan fingerprint density at radius 3 is 2.73 bits per heavy atom. The minimum Gasteiger partial charge on any atom is -0.395 e. The van der Waals surface area contributed by atoms with E-state index in [1.165, 1.54) is 12.1 Å². The van der Waals surface area contributed by atoms with E-state index in [0.717, 1.165) is 5.56 Å². The third-order valence-corrected chi connectivity index (χ3v) is 3.00. The lowest BCUT2D eigenvalue weighted by atomic mass is 10.2.